The Morgan fingerprint density at radius 3 is 2.61 bits per heavy atom. The van der Waals surface area contributed by atoms with Gasteiger partial charge in [-0.15, -0.1) is 0 Å². The molecule has 2 aromatic rings. The summed E-state index contributed by atoms with van der Waals surface area (Å²) in [6.07, 6.45) is 3.91. The molecular formula is C23H28N2O3. The highest BCUT2D eigenvalue weighted by Gasteiger charge is 2.30. The molecule has 2 aliphatic rings. The number of methoxy groups -OCH3 is 1. The van der Waals surface area contributed by atoms with Gasteiger partial charge in [0, 0.05) is 13.0 Å². The summed E-state index contributed by atoms with van der Waals surface area (Å²) in [7, 11) is 1.68. The van der Waals surface area contributed by atoms with E-state index in [2.05, 4.69) is 22.3 Å². The molecule has 1 N–H and O–H groups in total. The van der Waals surface area contributed by atoms with E-state index >= 15 is 0 Å². The van der Waals surface area contributed by atoms with Crippen molar-refractivity contribution in [1.29, 1.82) is 0 Å². The van der Waals surface area contributed by atoms with Gasteiger partial charge in [-0.1, -0.05) is 36.8 Å². The first kappa shape index (κ1) is 18.8. The third kappa shape index (κ3) is 4.14. The van der Waals surface area contributed by atoms with Crippen LogP contribution < -0.4 is 14.8 Å². The molecule has 4 rings (SSSR count). The largest absolute Gasteiger partial charge is 0.497 e. The lowest BCUT2D eigenvalue weighted by Crippen LogP contribution is -2.44. The number of carbonyl (C=O) groups is 1. The van der Waals surface area contributed by atoms with Gasteiger partial charge in [-0.3, -0.25) is 9.69 Å². The Morgan fingerprint density at radius 2 is 1.89 bits per heavy atom. The molecule has 2 atom stereocenters. The Kier molecular flexibility index (Phi) is 5.81. The van der Waals surface area contributed by atoms with Crippen LogP contribution in [0.5, 0.6) is 11.5 Å². The Balaban J connectivity index is 1.42. The molecule has 0 aliphatic carbocycles. The fraction of sp³-hybridized carbons (Fsp3) is 0.435. The summed E-state index contributed by atoms with van der Waals surface area (Å²) in [5.74, 6) is 1.64. The van der Waals surface area contributed by atoms with Crippen molar-refractivity contribution in [3.63, 3.8) is 0 Å². The van der Waals surface area contributed by atoms with Crippen molar-refractivity contribution in [1.82, 2.24) is 10.2 Å². The van der Waals surface area contributed by atoms with Gasteiger partial charge in [-0.2, -0.15) is 0 Å². The molecule has 0 unspecified atom stereocenters. The smallest absolute Gasteiger partial charge is 0.261 e. The normalized spacial score (nSPS) is 20.1. The number of fused-ring (bicyclic) bond motifs is 1. The van der Waals surface area contributed by atoms with Gasteiger partial charge in [0.15, 0.2) is 6.10 Å². The Bertz CT molecular complexity index is 775. The molecule has 2 aliphatic heterocycles. The minimum atomic E-state index is -0.435. The maximum atomic E-state index is 12.8. The quantitative estimate of drug-likeness (QED) is 0.835. The predicted molar refractivity (Wildman–Crippen MR) is 109 cm³/mol. The molecule has 0 bridgehead atoms. The molecule has 148 valence electrons. The number of nitrogens with one attached hydrogen (secondary N) is 1. The fourth-order valence-electron chi connectivity index (χ4n) is 4.15. The third-order valence-electron chi connectivity index (χ3n) is 5.74. The summed E-state index contributed by atoms with van der Waals surface area (Å²) < 4.78 is 11.1. The lowest BCUT2D eigenvalue weighted by atomic mass is 10.0. The van der Waals surface area contributed by atoms with E-state index < -0.39 is 6.10 Å². The highest BCUT2D eigenvalue weighted by atomic mass is 16.5. The molecule has 0 aromatic heterocycles. The van der Waals surface area contributed by atoms with Crippen molar-refractivity contribution < 1.29 is 14.3 Å². The lowest BCUT2D eigenvalue weighted by molar-refractivity contribution is -0.127. The zero-order valence-corrected chi connectivity index (χ0v) is 16.4. The molecule has 5 nitrogen and oxygen atoms in total. The first-order chi connectivity index (χ1) is 13.7. The van der Waals surface area contributed by atoms with Crippen LogP contribution in [0.4, 0.5) is 0 Å². The van der Waals surface area contributed by atoms with Gasteiger partial charge in [0.25, 0.3) is 5.91 Å². The monoisotopic (exact) mass is 380 g/mol. The van der Waals surface area contributed by atoms with Gasteiger partial charge in [-0.25, -0.2) is 0 Å². The number of para-hydroxylation sites is 1. The van der Waals surface area contributed by atoms with Crippen LogP contribution in [0, 0.1) is 0 Å². The van der Waals surface area contributed by atoms with E-state index in [4.69, 9.17) is 9.47 Å². The van der Waals surface area contributed by atoms with Gasteiger partial charge in [0.1, 0.15) is 11.5 Å². The fourth-order valence-corrected chi connectivity index (χ4v) is 4.15. The summed E-state index contributed by atoms with van der Waals surface area (Å²) in [5, 5.41) is 3.15. The zero-order chi connectivity index (χ0) is 19.3. The molecule has 0 saturated carbocycles. The molecule has 2 heterocycles. The number of amides is 1. The molecule has 0 spiro atoms. The van der Waals surface area contributed by atoms with E-state index in [1.807, 2.05) is 36.4 Å². The number of rotatable bonds is 6. The van der Waals surface area contributed by atoms with Crippen molar-refractivity contribution in [3.8, 4) is 11.5 Å². The Morgan fingerprint density at radius 1 is 1.14 bits per heavy atom. The summed E-state index contributed by atoms with van der Waals surface area (Å²) >= 11 is 0. The minimum Gasteiger partial charge on any atom is -0.497 e. The van der Waals surface area contributed by atoms with Crippen LogP contribution in [0.3, 0.4) is 0 Å². The van der Waals surface area contributed by atoms with E-state index in [0.717, 1.165) is 30.2 Å². The van der Waals surface area contributed by atoms with Crippen molar-refractivity contribution in [2.24, 2.45) is 0 Å². The first-order valence-electron chi connectivity index (χ1n) is 10.1. The topological polar surface area (TPSA) is 50.8 Å². The van der Waals surface area contributed by atoms with E-state index in [0.29, 0.717) is 13.0 Å². The number of hydrogen-bond donors (Lipinski definition) is 1. The van der Waals surface area contributed by atoms with E-state index in [9.17, 15) is 4.79 Å². The van der Waals surface area contributed by atoms with Gasteiger partial charge in [0.05, 0.1) is 13.2 Å². The van der Waals surface area contributed by atoms with Crippen molar-refractivity contribution in [2.75, 3.05) is 26.7 Å². The van der Waals surface area contributed by atoms with Crippen molar-refractivity contribution in [3.05, 3.63) is 59.7 Å². The second-order valence-electron chi connectivity index (χ2n) is 7.55. The predicted octanol–water partition coefficient (Wildman–Crippen LogP) is 3.34. The second-order valence-corrected chi connectivity index (χ2v) is 7.55. The highest BCUT2D eigenvalue weighted by Crippen LogP contribution is 2.29. The van der Waals surface area contributed by atoms with E-state index in [1.54, 1.807) is 7.11 Å². The lowest BCUT2D eigenvalue weighted by Gasteiger charge is -2.35. The van der Waals surface area contributed by atoms with E-state index in [1.165, 1.54) is 24.8 Å². The van der Waals surface area contributed by atoms with Crippen LogP contribution in [-0.2, 0) is 11.2 Å². The number of ether oxygens (including phenoxy) is 2. The zero-order valence-electron chi connectivity index (χ0n) is 16.4. The van der Waals surface area contributed by atoms with Gasteiger partial charge >= 0.3 is 0 Å². The summed E-state index contributed by atoms with van der Waals surface area (Å²) in [6.45, 7) is 2.72. The highest BCUT2D eigenvalue weighted by molar-refractivity contribution is 5.82. The molecule has 28 heavy (non-hydrogen) atoms. The number of benzene rings is 2. The molecule has 1 amide bonds. The minimum absolute atomic E-state index is 0.0354. The standard InChI is InChI=1S/C23H28N2O3/c1-27-19-11-9-17(10-12-19)20(25-13-5-2-6-14-25)16-24-23(26)22-15-18-7-3-4-8-21(18)28-22/h3-4,7-12,20,22H,2,5-6,13-16H2,1H3,(H,24,26)/t20-,22+/m1/s1. The molecular weight excluding hydrogens is 352 g/mol. The summed E-state index contributed by atoms with van der Waals surface area (Å²) in [5.41, 5.74) is 2.31. The summed E-state index contributed by atoms with van der Waals surface area (Å²) in [6, 6.07) is 16.2. The van der Waals surface area contributed by atoms with Crippen LogP contribution in [-0.4, -0.2) is 43.7 Å². The molecule has 0 radical (unpaired) electrons. The van der Waals surface area contributed by atoms with Crippen molar-refractivity contribution in [2.45, 2.75) is 37.8 Å². The SMILES string of the molecule is COc1ccc([C@@H](CNC(=O)[C@@H]2Cc3ccccc3O2)N2CCCCC2)cc1. The van der Waals surface area contributed by atoms with Gasteiger partial charge in [-0.05, 0) is 55.3 Å². The van der Waals surface area contributed by atoms with Crippen LogP contribution in [0.2, 0.25) is 0 Å². The molecule has 1 saturated heterocycles. The van der Waals surface area contributed by atoms with Crippen LogP contribution in [0.1, 0.15) is 36.4 Å². The van der Waals surface area contributed by atoms with E-state index in [-0.39, 0.29) is 11.9 Å². The third-order valence-corrected chi connectivity index (χ3v) is 5.74. The average Bonchev–Trinajstić information content (AvgIpc) is 3.19. The molecule has 5 heteroatoms. The number of piperidine rings is 1. The van der Waals surface area contributed by atoms with Gasteiger partial charge < -0.3 is 14.8 Å². The Hall–Kier alpha value is -2.53. The summed E-state index contributed by atoms with van der Waals surface area (Å²) in [4.78, 5) is 15.2. The number of hydrogen-bond acceptors (Lipinski definition) is 4. The second kappa shape index (κ2) is 8.65. The molecule has 2 aromatic carbocycles. The van der Waals surface area contributed by atoms with Gasteiger partial charge in [0.2, 0.25) is 0 Å². The number of nitrogens with zero attached hydrogens (tertiary/aromatic N) is 1. The number of carbonyl (C=O) groups excluding carboxylic acids is 1. The maximum Gasteiger partial charge on any atom is 0.261 e. The van der Waals surface area contributed by atoms with Crippen LogP contribution >= 0.6 is 0 Å². The Labute approximate surface area is 166 Å². The molecule has 1 fully saturated rings. The number of likely N-dealkylation sites (tertiary alicyclic amines) is 1. The average molecular weight is 380 g/mol. The van der Waals surface area contributed by atoms with Crippen LogP contribution in [0.15, 0.2) is 48.5 Å². The maximum absolute atomic E-state index is 12.8. The van der Waals surface area contributed by atoms with Crippen molar-refractivity contribution >= 4 is 5.91 Å². The van der Waals surface area contributed by atoms with Crippen LogP contribution in [0.25, 0.3) is 0 Å². The first-order valence-corrected chi connectivity index (χ1v) is 10.1.